The smallest absolute Gasteiger partial charge is 0.321 e. The number of hydrogen-bond donors (Lipinski definition) is 0. The van der Waals surface area contributed by atoms with Crippen molar-refractivity contribution in [3.63, 3.8) is 0 Å². The number of fused-ring (bicyclic) bond motifs is 2. The van der Waals surface area contributed by atoms with Crippen molar-refractivity contribution in [2.24, 2.45) is 5.41 Å². The molecule has 7 heteroatoms. The SMILES string of the molecule is COC(=O)[C@@]1(CCN2CCOCC2)C(=O)C[C@H]2CC[C@@H]1N2Cc1ccc(F)cc1. The van der Waals surface area contributed by atoms with E-state index in [0.717, 1.165) is 31.5 Å². The summed E-state index contributed by atoms with van der Waals surface area (Å²) in [6, 6.07) is 6.43. The number of esters is 1. The monoisotopic (exact) mass is 404 g/mol. The second-order valence-electron chi connectivity index (χ2n) is 8.34. The number of carbonyl (C=O) groups is 2. The average molecular weight is 404 g/mol. The Hall–Kier alpha value is -1.83. The van der Waals surface area contributed by atoms with Gasteiger partial charge < -0.3 is 9.47 Å². The molecule has 6 nitrogen and oxygen atoms in total. The van der Waals surface area contributed by atoms with Crippen molar-refractivity contribution in [2.45, 2.75) is 44.3 Å². The van der Waals surface area contributed by atoms with E-state index in [1.165, 1.54) is 19.2 Å². The van der Waals surface area contributed by atoms with Crippen molar-refractivity contribution < 1.29 is 23.5 Å². The number of rotatable bonds is 6. The number of ether oxygens (including phenoxy) is 2. The van der Waals surface area contributed by atoms with E-state index in [-0.39, 0.29) is 23.7 Å². The number of piperidine rings is 1. The maximum atomic E-state index is 13.3. The van der Waals surface area contributed by atoms with E-state index in [2.05, 4.69) is 9.80 Å². The third-order valence-electron chi connectivity index (χ3n) is 6.88. The summed E-state index contributed by atoms with van der Waals surface area (Å²) in [5.74, 6) is -0.661. The Morgan fingerprint density at radius 3 is 2.66 bits per heavy atom. The predicted octanol–water partition coefficient (Wildman–Crippen LogP) is 2.01. The number of Topliss-reactive ketones (excluding diaryl/α,β-unsaturated/α-hetero) is 1. The number of carbonyl (C=O) groups excluding carboxylic acids is 2. The molecule has 3 atom stereocenters. The Balaban J connectivity index is 1.58. The summed E-state index contributed by atoms with van der Waals surface area (Å²) in [5, 5.41) is 0. The van der Waals surface area contributed by atoms with Gasteiger partial charge in [-0.15, -0.1) is 0 Å². The highest BCUT2D eigenvalue weighted by atomic mass is 19.1. The van der Waals surface area contributed by atoms with Crippen LogP contribution in [0.5, 0.6) is 0 Å². The van der Waals surface area contributed by atoms with Crippen LogP contribution in [0, 0.1) is 11.2 Å². The zero-order chi connectivity index (χ0) is 20.4. The van der Waals surface area contributed by atoms with Crippen molar-refractivity contribution >= 4 is 11.8 Å². The lowest BCUT2D eigenvalue weighted by atomic mass is 9.70. The van der Waals surface area contributed by atoms with E-state index in [0.29, 0.717) is 39.1 Å². The fourth-order valence-corrected chi connectivity index (χ4v) is 5.31. The van der Waals surface area contributed by atoms with Gasteiger partial charge in [-0.3, -0.25) is 19.4 Å². The lowest BCUT2D eigenvalue weighted by Gasteiger charge is -2.46. The third-order valence-corrected chi connectivity index (χ3v) is 6.88. The number of methoxy groups -OCH3 is 1. The zero-order valence-corrected chi connectivity index (χ0v) is 16.9. The highest BCUT2D eigenvalue weighted by Crippen LogP contribution is 2.48. The molecule has 3 fully saturated rings. The fourth-order valence-electron chi connectivity index (χ4n) is 5.31. The van der Waals surface area contributed by atoms with Crippen LogP contribution >= 0.6 is 0 Å². The molecule has 3 heterocycles. The van der Waals surface area contributed by atoms with Crippen LogP contribution in [0.25, 0.3) is 0 Å². The van der Waals surface area contributed by atoms with E-state index in [4.69, 9.17) is 9.47 Å². The molecule has 0 saturated carbocycles. The van der Waals surface area contributed by atoms with Crippen molar-refractivity contribution in [3.8, 4) is 0 Å². The first kappa shape index (κ1) is 20.4. The van der Waals surface area contributed by atoms with Gasteiger partial charge in [-0.05, 0) is 43.5 Å². The van der Waals surface area contributed by atoms with Crippen molar-refractivity contribution in [1.29, 1.82) is 0 Å². The van der Waals surface area contributed by atoms with Crippen molar-refractivity contribution in [2.75, 3.05) is 40.0 Å². The molecular formula is C22H29FN2O4. The molecule has 4 rings (SSSR count). The van der Waals surface area contributed by atoms with Gasteiger partial charge in [0.2, 0.25) is 0 Å². The van der Waals surface area contributed by atoms with E-state index < -0.39 is 11.4 Å². The molecule has 0 unspecified atom stereocenters. The molecule has 0 N–H and O–H groups in total. The molecule has 0 spiro atoms. The number of morpholine rings is 1. The summed E-state index contributed by atoms with van der Waals surface area (Å²) in [7, 11) is 1.37. The molecule has 0 aromatic heterocycles. The van der Waals surface area contributed by atoms with Crippen LogP contribution in [0.1, 0.15) is 31.2 Å². The number of halogens is 1. The number of nitrogens with zero attached hydrogens (tertiary/aromatic N) is 2. The van der Waals surface area contributed by atoms with Crippen LogP contribution in [-0.4, -0.2) is 73.6 Å². The second-order valence-corrected chi connectivity index (χ2v) is 8.34. The highest BCUT2D eigenvalue weighted by molar-refractivity contribution is 6.05. The minimum atomic E-state index is -1.12. The number of hydrogen-bond acceptors (Lipinski definition) is 6. The second kappa shape index (κ2) is 8.50. The summed E-state index contributed by atoms with van der Waals surface area (Å²) in [6.45, 7) is 4.29. The van der Waals surface area contributed by atoms with E-state index >= 15 is 0 Å². The molecule has 3 aliphatic heterocycles. The maximum absolute atomic E-state index is 13.3. The number of benzene rings is 1. The van der Waals surface area contributed by atoms with Crippen LogP contribution in [0.2, 0.25) is 0 Å². The van der Waals surface area contributed by atoms with E-state index in [9.17, 15) is 14.0 Å². The van der Waals surface area contributed by atoms with Crippen LogP contribution in [-0.2, 0) is 25.6 Å². The van der Waals surface area contributed by atoms with Gasteiger partial charge >= 0.3 is 5.97 Å². The number of ketones is 1. The quantitative estimate of drug-likeness (QED) is 0.534. The Labute approximate surface area is 170 Å². The molecule has 29 heavy (non-hydrogen) atoms. The first-order valence-electron chi connectivity index (χ1n) is 10.5. The zero-order valence-electron chi connectivity index (χ0n) is 16.9. The van der Waals surface area contributed by atoms with Gasteiger partial charge in [0.15, 0.2) is 5.78 Å². The normalized spacial score (nSPS) is 30.5. The van der Waals surface area contributed by atoms with Gasteiger partial charge in [-0.1, -0.05) is 12.1 Å². The first-order chi connectivity index (χ1) is 14.0. The molecule has 158 valence electrons. The molecular weight excluding hydrogens is 375 g/mol. The Morgan fingerprint density at radius 1 is 1.24 bits per heavy atom. The van der Waals surface area contributed by atoms with Crippen LogP contribution in [0.15, 0.2) is 24.3 Å². The van der Waals surface area contributed by atoms with Gasteiger partial charge in [-0.2, -0.15) is 0 Å². The van der Waals surface area contributed by atoms with Crippen molar-refractivity contribution in [3.05, 3.63) is 35.6 Å². The third kappa shape index (κ3) is 3.83. The Kier molecular flexibility index (Phi) is 5.99. The topological polar surface area (TPSA) is 59.1 Å². The molecule has 0 aliphatic carbocycles. The van der Waals surface area contributed by atoms with Gasteiger partial charge in [0, 0.05) is 38.1 Å². The molecule has 3 saturated heterocycles. The minimum absolute atomic E-state index is 0.0143. The molecule has 0 amide bonds. The lowest BCUT2D eigenvalue weighted by Crippen LogP contribution is -2.61. The molecule has 1 aromatic rings. The van der Waals surface area contributed by atoms with Gasteiger partial charge in [-0.25, -0.2) is 4.39 Å². The maximum Gasteiger partial charge on any atom is 0.321 e. The van der Waals surface area contributed by atoms with Gasteiger partial charge in [0.1, 0.15) is 11.2 Å². The van der Waals surface area contributed by atoms with E-state index in [1.54, 1.807) is 12.1 Å². The largest absolute Gasteiger partial charge is 0.468 e. The average Bonchev–Trinajstić information content (AvgIpc) is 3.05. The summed E-state index contributed by atoms with van der Waals surface area (Å²) >= 11 is 0. The van der Waals surface area contributed by atoms with Crippen LogP contribution in [0.4, 0.5) is 4.39 Å². The highest BCUT2D eigenvalue weighted by Gasteiger charge is 2.61. The Morgan fingerprint density at radius 2 is 1.97 bits per heavy atom. The standard InChI is InChI=1S/C22H29FN2O4/c1-28-21(27)22(8-9-24-10-12-29-13-11-24)19-7-6-18(14-20(22)26)25(19)15-16-2-4-17(23)5-3-16/h2-5,18-19H,6-15H2,1H3/t18-,19+,22-/m1/s1. The summed E-state index contributed by atoms with van der Waals surface area (Å²) < 4.78 is 23.9. The fraction of sp³-hybridized carbons (Fsp3) is 0.636. The van der Waals surface area contributed by atoms with Crippen molar-refractivity contribution in [1.82, 2.24) is 9.80 Å². The predicted molar refractivity (Wildman–Crippen MR) is 105 cm³/mol. The molecule has 2 bridgehead atoms. The van der Waals surface area contributed by atoms with Gasteiger partial charge in [0.05, 0.1) is 20.3 Å². The van der Waals surface area contributed by atoms with Gasteiger partial charge in [0.25, 0.3) is 0 Å². The lowest BCUT2D eigenvalue weighted by molar-refractivity contribution is -0.168. The van der Waals surface area contributed by atoms with Crippen LogP contribution in [0.3, 0.4) is 0 Å². The Bertz CT molecular complexity index is 750. The molecule has 3 aliphatic rings. The first-order valence-corrected chi connectivity index (χ1v) is 10.5. The summed E-state index contributed by atoms with van der Waals surface area (Å²) in [5.41, 5.74) is -0.135. The summed E-state index contributed by atoms with van der Waals surface area (Å²) in [4.78, 5) is 30.9. The van der Waals surface area contributed by atoms with E-state index in [1.807, 2.05) is 0 Å². The minimum Gasteiger partial charge on any atom is -0.468 e. The summed E-state index contributed by atoms with van der Waals surface area (Å²) in [6.07, 6.45) is 2.54. The molecule has 1 aromatic carbocycles. The molecule has 0 radical (unpaired) electrons. The van der Waals surface area contributed by atoms with Crippen LogP contribution < -0.4 is 0 Å².